The van der Waals surface area contributed by atoms with Gasteiger partial charge in [-0.2, -0.15) is 0 Å². The second-order valence-electron chi connectivity index (χ2n) is 5.62. The molecule has 4 heteroatoms. The molecule has 0 aromatic rings. The Labute approximate surface area is 97.7 Å². The maximum Gasteiger partial charge on any atom is 0.0678 e. The van der Waals surface area contributed by atoms with E-state index in [4.69, 9.17) is 10.5 Å². The Hall–Kier alpha value is -0.160. The molecule has 3 N–H and O–H groups in total. The van der Waals surface area contributed by atoms with Crippen molar-refractivity contribution >= 4 is 0 Å². The van der Waals surface area contributed by atoms with Gasteiger partial charge in [0, 0.05) is 19.6 Å². The first kappa shape index (κ1) is 12.3. The topological polar surface area (TPSA) is 58.7 Å². The monoisotopic (exact) mass is 228 g/mol. The van der Waals surface area contributed by atoms with Crippen LogP contribution in [0.15, 0.2) is 0 Å². The summed E-state index contributed by atoms with van der Waals surface area (Å²) in [6.07, 6.45) is 2.88. The molecule has 2 aliphatic rings. The van der Waals surface area contributed by atoms with Crippen LogP contribution >= 0.6 is 0 Å². The van der Waals surface area contributed by atoms with Crippen molar-refractivity contribution in [3.05, 3.63) is 0 Å². The molecule has 1 saturated carbocycles. The summed E-state index contributed by atoms with van der Waals surface area (Å²) in [6, 6.07) is 0. The molecule has 0 aromatic carbocycles. The molecule has 0 radical (unpaired) electrons. The number of aliphatic hydroxyl groups excluding tert-OH is 1. The first-order valence-electron chi connectivity index (χ1n) is 6.31. The van der Waals surface area contributed by atoms with E-state index in [9.17, 15) is 5.11 Å². The molecule has 0 bridgehead atoms. The number of morpholine rings is 1. The van der Waals surface area contributed by atoms with Gasteiger partial charge in [-0.15, -0.1) is 0 Å². The summed E-state index contributed by atoms with van der Waals surface area (Å²) in [5.41, 5.74) is 5.90. The van der Waals surface area contributed by atoms with E-state index in [1.807, 2.05) is 0 Å². The third-order valence-corrected chi connectivity index (χ3v) is 3.70. The highest BCUT2D eigenvalue weighted by atomic mass is 16.5. The highest BCUT2D eigenvalue weighted by Crippen LogP contribution is 2.38. The summed E-state index contributed by atoms with van der Waals surface area (Å²) in [5.74, 6) is 0.519. The molecule has 94 valence electrons. The molecule has 1 aliphatic heterocycles. The van der Waals surface area contributed by atoms with E-state index in [1.165, 1.54) is 12.8 Å². The van der Waals surface area contributed by atoms with Gasteiger partial charge in [0.1, 0.15) is 0 Å². The number of rotatable bonds is 4. The van der Waals surface area contributed by atoms with E-state index in [0.29, 0.717) is 5.92 Å². The number of hydrogen-bond donors (Lipinski definition) is 2. The SMILES string of the molecule is CC1CN(CC(N)(CO)C2CC2)CC(C)O1. The second-order valence-corrected chi connectivity index (χ2v) is 5.62. The molecular weight excluding hydrogens is 204 g/mol. The fourth-order valence-corrected chi connectivity index (χ4v) is 2.80. The van der Waals surface area contributed by atoms with Crippen LogP contribution in [0.4, 0.5) is 0 Å². The first-order chi connectivity index (χ1) is 7.53. The van der Waals surface area contributed by atoms with E-state index >= 15 is 0 Å². The van der Waals surface area contributed by atoms with Gasteiger partial charge < -0.3 is 15.6 Å². The molecule has 0 aromatic heterocycles. The van der Waals surface area contributed by atoms with Crippen LogP contribution in [0.2, 0.25) is 0 Å². The zero-order chi connectivity index (χ0) is 11.8. The summed E-state index contributed by atoms with van der Waals surface area (Å²) in [5, 5.41) is 9.48. The van der Waals surface area contributed by atoms with Crippen molar-refractivity contribution in [2.75, 3.05) is 26.2 Å². The van der Waals surface area contributed by atoms with Gasteiger partial charge >= 0.3 is 0 Å². The van der Waals surface area contributed by atoms with Crippen LogP contribution in [0, 0.1) is 5.92 Å². The molecule has 2 fully saturated rings. The van der Waals surface area contributed by atoms with Gasteiger partial charge in [0.05, 0.1) is 24.4 Å². The van der Waals surface area contributed by atoms with Crippen molar-refractivity contribution in [2.45, 2.75) is 44.4 Å². The average Bonchev–Trinajstić information content (AvgIpc) is 2.98. The highest BCUT2D eigenvalue weighted by Gasteiger charge is 2.43. The van der Waals surface area contributed by atoms with E-state index in [0.717, 1.165) is 19.6 Å². The first-order valence-corrected chi connectivity index (χ1v) is 6.31. The molecule has 3 atom stereocenters. The van der Waals surface area contributed by atoms with Crippen molar-refractivity contribution < 1.29 is 9.84 Å². The lowest BCUT2D eigenvalue weighted by Crippen LogP contribution is -2.58. The number of aliphatic hydroxyl groups is 1. The molecule has 1 aliphatic carbocycles. The Morgan fingerprint density at radius 3 is 2.31 bits per heavy atom. The Kier molecular flexibility index (Phi) is 3.54. The average molecular weight is 228 g/mol. The van der Waals surface area contributed by atoms with Gasteiger partial charge in [0.15, 0.2) is 0 Å². The summed E-state index contributed by atoms with van der Waals surface area (Å²) < 4.78 is 5.70. The number of nitrogens with zero attached hydrogens (tertiary/aromatic N) is 1. The molecule has 16 heavy (non-hydrogen) atoms. The zero-order valence-electron chi connectivity index (χ0n) is 10.4. The number of ether oxygens (including phenoxy) is 1. The van der Waals surface area contributed by atoms with E-state index in [-0.39, 0.29) is 18.8 Å². The molecule has 1 heterocycles. The summed E-state index contributed by atoms with van der Waals surface area (Å²) in [4.78, 5) is 2.34. The van der Waals surface area contributed by atoms with Crippen molar-refractivity contribution in [1.29, 1.82) is 0 Å². The largest absolute Gasteiger partial charge is 0.394 e. The van der Waals surface area contributed by atoms with Crippen LogP contribution in [0.25, 0.3) is 0 Å². The summed E-state index contributed by atoms with van der Waals surface area (Å²) >= 11 is 0. The van der Waals surface area contributed by atoms with Gasteiger partial charge in [0.25, 0.3) is 0 Å². The minimum absolute atomic E-state index is 0.0950. The van der Waals surface area contributed by atoms with Crippen molar-refractivity contribution in [1.82, 2.24) is 4.90 Å². The third kappa shape index (κ3) is 2.74. The Balaban J connectivity index is 1.92. The smallest absolute Gasteiger partial charge is 0.0678 e. The normalized spacial score (nSPS) is 36.0. The highest BCUT2D eigenvalue weighted by molar-refractivity contribution is 5.00. The third-order valence-electron chi connectivity index (χ3n) is 3.70. The van der Waals surface area contributed by atoms with Crippen LogP contribution in [0.1, 0.15) is 26.7 Å². The maximum absolute atomic E-state index is 9.48. The van der Waals surface area contributed by atoms with Crippen LogP contribution in [-0.2, 0) is 4.74 Å². The minimum Gasteiger partial charge on any atom is -0.394 e. The van der Waals surface area contributed by atoms with Crippen LogP contribution in [0.3, 0.4) is 0 Å². The van der Waals surface area contributed by atoms with Crippen LogP contribution < -0.4 is 5.73 Å². The number of nitrogens with two attached hydrogens (primary N) is 1. The van der Waals surface area contributed by atoms with Gasteiger partial charge in [0.2, 0.25) is 0 Å². The fraction of sp³-hybridized carbons (Fsp3) is 1.00. The van der Waals surface area contributed by atoms with E-state index in [1.54, 1.807) is 0 Å². The van der Waals surface area contributed by atoms with Crippen molar-refractivity contribution in [3.63, 3.8) is 0 Å². The molecule has 0 spiro atoms. The second kappa shape index (κ2) is 4.61. The van der Waals surface area contributed by atoms with E-state index < -0.39 is 5.54 Å². The molecule has 0 amide bonds. The molecule has 3 unspecified atom stereocenters. The van der Waals surface area contributed by atoms with Crippen molar-refractivity contribution in [3.8, 4) is 0 Å². The summed E-state index contributed by atoms with van der Waals surface area (Å²) in [7, 11) is 0. The lowest BCUT2D eigenvalue weighted by Gasteiger charge is -2.40. The van der Waals surface area contributed by atoms with Gasteiger partial charge in [-0.3, -0.25) is 4.90 Å². The predicted molar refractivity (Wildman–Crippen MR) is 63.2 cm³/mol. The molecule has 1 saturated heterocycles. The molecule has 4 nitrogen and oxygen atoms in total. The molecule has 2 rings (SSSR count). The quantitative estimate of drug-likeness (QED) is 0.721. The zero-order valence-corrected chi connectivity index (χ0v) is 10.4. The Morgan fingerprint density at radius 2 is 1.88 bits per heavy atom. The predicted octanol–water partition coefficient (Wildman–Crippen LogP) is 0.195. The summed E-state index contributed by atoms with van der Waals surface area (Å²) in [6.45, 7) is 6.93. The van der Waals surface area contributed by atoms with Crippen molar-refractivity contribution in [2.24, 2.45) is 11.7 Å². The van der Waals surface area contributed by atoms with E-state index in [2.05, 4.69) is 18.7 Å². The van der Waals surface area contributed by atoms with Gasteiger partial charge in [-0.1, -0.05) is 0 Å². The van der Waals surface area contributed by atoms with Gasteiger partial charge in [-0.05, 0) is 32.6 Å². The van der Waals surface area contributed by atoms with Crippen LogP contribution in [-0.4, -0.2) is 54.0 Å². The lowest BCUT2D eigenvalue weighted by molar-refractivity contribution is -0.0757. The molecular formula is C12H24N2O2. The maximum atomic E-state index is 9.48. The van der Waals surface area contributed by atoms with Gasteiger partial charge in [-0.25, -0.2) is 0 Å². The Morgan fingerprint density at radius 1 is 1.31 bits per heavy atom. The van der Waals surface area contributed by atoms with Crippen LogP contribution in [0.5, 0.6) is 0 Å². The lowest BCUT2D eigenvalue weighted by atomic mass is 9.94. The number of hydrogen-bond acceptors (Lipinski definition) is 4. The Bertz CT molecular complexity index is 235. The standard InChI is InChI=1S/C12H24N2O2/c1-9-5-14(6-10(2)16-9)7-12(13,8-15)11-3-4-11/h9-11,15H,3-8,13H2,1-2H3. The minimum atomic E-state index is -0.392. The fourth-order valence-electron chi connectivity index (χ4n) is 2.80.